The average molecular weight is 245 g/mol. The van der Waals surface area contributed by atoms with Crippen LogP contribution in [-0.2, 0) is 9.53 Å². The van der Waals surface area contributed by atoms with Crippen molar-refractivity contribution in [1.29, 1.82) is 0 Å². The van der Waals surface area contributed by atoms with Crippen molar-refractivity contribution in [2.45, 2.75) is 33.2 Å². The first-order valence-corrected chi connectivity index (χ1v) is 6.01. The monoisotopic (exact) mass is 245 g/mol. The molecule has 0 saturated carbocycles. The number of hydrogen-bond acceptors (Lipinski definition) is 4. The van der Waals surface area contributed by atoms with Crippen LogP contribution in [0.4, 0.5) is 4.79 Å². The Kier molecular flexibility index (Phi) is 9.37. The second-order valence-electron chi connectivity index (χ2n) is 3.57. The topological polar surface area (TPSA) is 79.5 Å². The molecule has 0 bridgehead atoms. The maximum absolute atomic E-state index is 11.5. The Morgan fingerprint density at radius 2 is 2.00 bits per heavy atom. The highest BCUT2D eigenvalue weighted by Crippen LogP contribution is 1.85. The predicted octanol–water partition coefficient (Wildman–Crippen LogP) is 0.237. The van der Waals surface area contributed by atoms with Crippen molar-refractivity contribution < 1.29 is 14.3 Å². The number of urea groups is 1. The molecule has 0 heterocycles. The van der Waals surface area contributed by atoms with Crippen LogP contribution in [-0.4, -0.2) is 44.3 Å². The molecule has 6 nitrogen and oxygen atoms in total. The molecule has 6 heteroatoms. The highest BCUT2D eigenvalue weighted by molar-refractivity contribution is 5.96. The predicted molar refractivity (Wildman–Crippen MR) is 65.8 cm³/mol. The summed E-state index contributed by atoms with van der Waals surface area (Å²) < 4.78 is 5.17. The van der Waals surface area contributed by atoms with Gasteiger partial charge in [-0.05, 0) is 33.7 Å². The number of rotatable bonds is 8. The molecule has 0 spiro atoms. The Labute approximate surface area is 102 Å². The van der Waals surface area contributed by atoms with Gasteiger partial charge in [0.05, 0.1) is 6.04 Å². The maximum Gasteiger partial charge on any atom is 0.321 e. The third kappa shape index (κ3) is 8.65. The number of amides is 3. The summed E-state index contributed by atoms with van der Waals surface area (Å²) in [6.07, 6.45) is 0.840. The summed E-state index contributed by atoms with van der Waals surface area (Å²) in [5, 5.41) is 7.76. The molecule has 0 aliphatic rings. The SMILES string of the molecule is CCNC(=O)NC(=O)C(C)NCCCOCC. The van der Waals surface area contributed by atoms with Crippen molar-refractivity contribution in [3.8, 4) is 0 Å². The first-order valence-electron chi connectivity index (χ1n) is 6.01. The molecule has 0 fully saturated rings. The molecule has 0 aromatic carbocycles. The van der Waals surface area contributed by atoms with Gasteiger partial charge in [0, 0.05) is 19.8 Å². The molecule has 1 unspecified atom stereocenters. The van der Waals surface area contributed by atoms with Crippen LogP contribution in [0.3, 0.4) is 0 Å². The van der Waals surface area contributed by atoms with Crippen molar-refractivity contribution >= 4 is 11.9 Å². The van der Waals surface area contributed by atoms with E-state index in [2.05, 4.69) is 16.0 Å². The Bertz CT molecular complexity index is 234. The van der Waals surface area contributed by atoms with Crippen LogP contribution >= 0.6 is 0 Å². The van der Waals surface area contributed by atoms with E-state index in [1.807, 2.05) is 6.92 Å². The Morgan fingerprint density at radius 3 is 2.59 bits per heavy atom. The molecule has 3 N–H and O–H groups in total. The van der Waals surface area contributed by atoms with Crippen LogP contribution in [0, 0.1) is 0 Å². The molecule has 1 atom stereocenters. The van der Waals surface area contributed by atoms with Crippen molar-refractivity contribution in [2.24, 2.45) is 0 Å². The number of imide groups is 1. The van der Waals surface area contributed by atoms with Gasteiger partial charge in [-0.1, -0.05) is 0 Å². The molecule has 0 aliphatic carbocycles. The van der Waals surface area contributed by atoms with Gasteiger partial charge in [-0.15, -0.1) is 0 Å². The second-order valence-corrected chi connectivity index (χ2v) is 3.57. The fourth-order valence-electron chi connectivity index (χ4n) is 1.15. The van der Waals surface area contributed by atoms with Crippen molar-refractivity contribution in [2.75, 3.05) is 26.3 Å². The molecule has 17 heavy (non-hydrogen) atoms. The lowest BCUT2D eigenvalue weighted by Gasteiger charge is -2.13. The summed E-state index contributed by atoms with van der Waals surface area (Å²) in [5.74, 6) is -0.327. The zero-order valence-electron chi connectivity index (χ0n) is 10.8. The maximum atomic E-state index is 11.5. The van der Waals surface area contributed by atoms with E-state index >= 15 is 0 Å². The summed E-state index contributed by atoms with van der Waals surface area (Å²) in [6.45, 7) is 8.01. The molecular weight excluding hydrogens is 222 g/mol. The van der Waals surface area contributed by atoms with Gasteiger partial charge < -0.3 is 15.4 Å². The lowest BCUT2D eigenvalue weighted by atomic mass is 10.3. The zero-order chi connectivity index (χ0) is 13.1. The van der Waals surface area contributed by atoms with E-state index in [0.717, 1.165) is 6.42 Å². The van der Waals surface area contributed by atoms with Gasteiger partial charge in [0.15, 0.2) is 0 Å². The van der Waals surface area contributed by atoms with Crippen molar-refractivity contribution in [3.05, 3.63) is 0 Å². The molecule has 0 aromatic heterocycles. The molecule has 0 saturated heterocycles. The number of ether oxygens (including phenoxy) is 1. The number of hydrogen-bond donors (Lipinski definition) is 3. The highest BCUT2D eigenvalue weighted by atomic mass is 16.5. The molecule has 3 amide bonds. The minimum atomic E-state index is -0.458. The van der Waals surface area contributed by atoms with Gasteiger partial charge in [0.2, 0.25) is 5.91 Å². The van der Waals surface area contributed by atoms with Crippen LogP contribution in [0.2, 0.25) is 0 Å². The summed E-state index contributed by atoms with van der Waals surface area (Å²) in [7, 11) is 0. The van der Waals surface area contributed by atoms with Crippen LogP contribution in [0.15, 0.2) is 0 Å². The van der Waals surface area contributed by atoms with E-state index in [1.54, 1.807) is 13.8 Å². The van der Waals surface area contributed by atoms with Gasteiger partial charge >= 0.3 is 6.03 Å². The van der Waals surface area contributed by atoms with E-state index in [4.69, 9.17) is 4.74 Å². The Balaban J connectivity index is 3.63. The molecule has 0 aliphatic heterocycles. The summed E-state index contributed by atoms with van der Waals surface area (Å²) in [5.41, 5.74) is 0. The van der Waals surface area contributed by atoms with E-state index in [0.29, 0.717) is 26.3 Å². The number of carbonyl (C=O) groups is 2. The van der Waals surface area contributed by atoms with E-state index in [1.165, 1.54) is 0 Å². The largest absolute Gasteiger partial charge is 0.382 e. The van der Waals surface area contributed by atoms with Crippen molar-refractivity contribution in [1.82, 2.24) is 16.0 Å². The lowest BCUT2D eigenvalue weighted by Crippen LogP contribution is -2.48. The zero-order valence-corrected chi connectivity index (χ0v) is 10.8. The Hall–Kier alpha value is -1.14. The van der Waals surface area contributed by atoms with Crippen LogP contribution in [0.5, 0.6) is 0 Å². The van der Waals surface area contributed by atoms with Gasteiger partial charge in [0.1, 0.15) is 0 Å². The van der Waals surface area contributed by atoms with Gasteiger partial charge in [0.25, 0.3) is 0 Å². The summed E-state index contributed by atoms with van der Waals surface area (Å²) in [4.78, 5) is 22.6. The van der Waals surface area contributed by atoms with Gasteiger partial charge in [-0.3, -0.25) is 10.1 Å². The van der Waals surface area contributed by atoms with Crippen LogP contribution in [0.1, 0.15) is 27.2 Å². The molecule has 0 aromatic rings. The van der Waals surface area contributed by atoms with Crippen LogP contribution in [0.25, 0.3) is 0 Å². The number of nitrogens with one attached hydrogen (secondary N) is 3. The normalized spacial score (nSPS) is 11.9. The molecule has 100 valence electrons. The van der Waals surface area contributed by atoms with E-state index in [9.17, 15) is 9.59 Å². The fraction of sp³-hybridized carbons (Fsp3) is 0.818. The second kappa shape index (κ2) is 10.0. The van der Waals surface area contributed by atoms with Crippen molar-refractivity contribution in [3.63, 3.8) is 0 Å². The third-order valence-electron chi connectivity index (χ3n) is 2.09. The van der Waals surface area contributed by atoms with E-state index < -0.39 is 6.03 Å². The summed E-state index contributed by atoms with van der Waals surface area (Å²) in [6, 6.07) is -0.848. The molecular formula is C11H23N3O3. The lowest BCUT2D eigenvalue weighted by molar-refractivity contribution is -0.121. The quantitative estimate of drug-likeness (QED) is 0.535. The molecule has 0 radical (unpaired) electrons. The van der Waals surface area contributed by atoms with Crippen LogP contribution < -0.4 is 16.0 Å². The Morgan fingerprint density at radius 1 is 1.29 bits per heavy atom. The third-order valence-corrected chi connectivity index (χ3v) is 2.09. The smallest absolute Gasteiger partial charge is 0.321 e. The first kappa shape index (κ1) is 15.9. The summed E-state index contributed by atoms with van der Waals surface area (Å²) >= 11 is 0. The molecule has 0 rings (SSSR count). The minimum absolute atomic E-state index is 0.327. The highest BCUT2D eigenvalue weighted by Gasteiger charge is 2.14. The van der Waals surface area contributed by atoms with Gasteiger partial charge in [-0.2, -0.15) is 0 Å². The standard InChI is InChI=1S/C11H23N3O3/c1-4-12-11(16)14-10(15)9(3)13-7-6-8-17-5-2/h9,13H,4-8H2,1-3H3,(H2,12,14,15,16). The van der Waals surface area contributed by atoms with E-state index in [-0.39, 0.29) is 11.9 Å². The average Bonchev–Trinajstić information content (AvgIpc) is 2.28. The number of carbonyl (C=O) groups excluding carboxylic acids is 2. The minimum Gasteiger partial charge on any atom is -0.382 e. The first-order chi connectivity index (χ1) is 8.11. The fourth-order valence-corrected chi connectivity index (χ4v) is 1.15. The van der Waals surface area contributed by atoms with Gasteiger partial charge in [-0.25, -0.2) is 4.79 Å².